The minimum Gasteiger partial charge on any atom is -0.480 e. The third-order valence-corrected chi connectivity index (χ3v) is 5.46. The fourth-order valence-electron chi connectivity index (χ4n) is 3.50. The Morgan fingerprint density at radius 1 is 1.28 bits per heavy atom. The van der Waals surface area contributed by atoms with Gasteiger partial charge < -0.3 is 15.7 Å². The Hall–Kier alpha value is -1.79. The number of carbonyl (C=O) groups excluding carboxylic acids is 1. The lowest BCUT2D eigenvalue weighted by Crippen LogP contribution is -2.57. The monoisotopic (exact) mass is 365 g/mol. The molecule has 6 nitrogen and oxygen atoms in total. The van der Waals surface area contributed by atoms with Gasteiger partial charge in [-0.2, -0.15) is 0 Å². The van der Waals surface area contributed by atoms with Gasteiger partial charge in [-0.3, -0.25) is 9.69 Å². The summed E-state index contributed by atoms with van der Waals surface area (Å²) in [7, 11) is 0. The minimum absolute atomic E-state index is 0.0553. The Balaban J connectivity index is 1.46. The Morgan fingerprint density at radius 3 is 2.44 bits per heavy atom. The Morgan fingerprint density at radius 2 is 1.92 bits per heavy atom. The second-order valence-corrected chi connectivity index (χ2v) is 7.40. The summed E-state index contributed by atoms with van der Waals surface area (Å²) in [6.45, 7) is 2.72. The summed E-state index contributed by atoms with van der Waals surface area (Å²) < 4.78 is 0. The fourth-order valence-corrected chi connectivity index (χ4v) is 3.62. The number of carboxylic acids is 1. The van der Waals surface area contributed by atoms with E-state index in [1.165, 1.54) is 0 Å². The lowest BCUT2D eigenvalue weighted by Gasteiger charge is -2.42. The SMILES string of the molecule is CCN(CC(=O)O)C1CC(NC(=O)NC2(c3ccc(Cl)cc3)CC2)C1. The van der Waals surface area contributed by atoms with Gasteiger partial charge in [0.25, 0.3) is 0 Å². The number of urea groups is 1. The van der Waals surface area contributed by atoms with Crippen LogP contribution in [-0.2, 0) is 10.3 Å². The maximum absolute atomic E-state index is 12.3. The molecule has 0 radical (unpaired) electrons. The van der Waals surface area contributed by atoms with Crippen LogP contribution in [0.5, 0.6) is 0 Å². The second-order valence-electron chi connectivity index (χ2n) is 6.97. The highest BCUT2D eigenvalue weighted by atomic mass is 35.5. The van der Waals surface area contributed by atoms with Crippen molar-refractivity contribution in [1.29, 1.82) is 0 Å². The van der Waals surface area contributed by atoms with Crippen LogP contribution in [0, 0.1) is 0 Å². The number of nitrogens with zero attached hydrogens (tertiary/aromatic N) is 1. The number of rotatable bonds is 7. The van der Waals surface area contributed by atoms with Crippen molar-refractivity contribution in [3.05, 3.63) is 34.9 Å². The van der Waals surface area contributed by atoms with Gasteiger partial charge in [-0.05, 0) is 49.9 Å². The maximum atomic E-state index is 12.3. The van der Waals surface area contributed by atoms with Crippen molar-refractivity contribution in [1.82, 2.24) is 15.5 Å². The van der Waals surface area contributed by atoms with Gasteiger partial charge in [0.1, 0.15) is 0 Å². The van der Waals surface area contributed by atoms with Gasteiger partial charge in [0.05, 0.1) is 12.1 Å². The molecule has 2 amide bonds. The quantitative estimate of drug-likeness (QED) is 0.693. The largest absolute Gasteiger partial charge is 0.480 e. The molecular weight excluding hydrogens is 342 g/mol. The first-order chi connectivity index (χ1) is 11.9. The van der Waals surface area contributed by atoms with E-state index in [1.54, 1.807) is 0 Å². The normalized spacial score (nSPS) is 23.6. The third-order valence-electron chi connectivity index (χ3n) is 5.21. The average molecular weight is 366 g/mol. The van der Waals surface area contributed by atoms with E-state index in [0.29, 0.717) is 11.6 Å². The molecule has 2 aliphatic carbocycles. The fraction of sp³-hybridized carbons (Fsp3) is 0.556. The molecule has 1 aromatic carbocycles. The van der Waals surface area contributed by atoms with Gasteiger partial charge in [0, 0.05) is 17.1 Å². The average Bonchev–Trinajstić information content (AvgIpc) is 3.29. The van der Waals surface area contributed by atoms with Crippen molar-refractivity contribution >= 4 is 23.6 Å². The molecule has 0 aromatic heterocycles. The molecule has 25 heavy (non-hydrogen) atoms. The summed E-state index contributed by atoms with van der Waals surface area (Å²) in [5.41, 5.74) is 0.813. The Kier molecular flexibility index (Phi) is 5.20. The van der Waals surface area contributed by atoms with Crippen molar-refractivity contribution in [2.75, 3.05) is 13.1 Å². The first kappa shape index (κ1) is 18.0. The van der Waals surface area contributed by atoms with E-state index in [4.69, 9.17) is 16.7 Å². The van der Waals surface area contributed by atoms with E-state index in [0.717, 1.165) is 31.2 Å². The zero-order valence-corrected chi connectivity index (χ0v) is 15.1. The van der Waals surface area contributed by atoms with Crippen LogP contribution in [-0.4, -0.2) is 47.2 Å². The highest BCUT2D eigenvalue weighted by Crippen LogP contribution is 2.45. The smallest absolute Gasteiger partial charge is 0.317 e. The van der Waals surface area contributed by atoms with Crippen molar-refractivity contribution < 1.29 is 14.7 Å². The second kappa shape index (κ2) is 7.22. The molecule has 0 unspecified atom stereocenters. The zero-order chi connectivity index (χ0) is 18.0. The molecule has 0 atom stereocenters. The van der Waals surface area contributed by atoms with Crippen molar-refractivity contribution in [3.8, 4) is 0 Å². The van der Waals surface area contributed by atoms with Crippen LogP contribution < -0.4 is 10.6 Å². The summed E-state index contributed by atoms with van der Waals surface area (Å²) in [5.74, 6) is -0.811. The van der Waals surface area contributed by atoms with Crippen molar-refractivity contribution in [2.24, 2.45) is 0 Å². The molecule has 7 heteroatoms. The summed E-state index contributed by atoms with van der Waals surface area (Å²) >= 11 is 5.93. The molecule has 3 N–H and O–H groups in total. The molecule has 1 aromatic rings. The molecular formula is C18H24ClN3O3. The van der Waals surface area contributed by atoms with Crippen LogP contribution in [0.2, 0.25) is 5.02 Å². The Labute approximate surface area is 152 Å². The molecule has 0 aliphatic heterocycles. The van der Waals surface area contributed by atoms with Gasteiger partial charge in [-0.1, -0.05) is 30.7 Å². The van der Waals surface area contributed by atoms with Gasteiger partial charge in [0.2, 0.25) is 0 Å². The third kappa shape index (κ3) is 4.25. The zero-order valence-electron chi connectivity index (χ0n) is 14.3. The van der Waals surface area contributed by atoms with Gasteiger partial charge >= 0.3 is 12.0 Å². The van der Waals surface area contributed by atoms with Crippen LogP contribution in [0.15, 0.2) is 24.3 Å². The molecule has 136 valence electrons. The van der Waals surface area contributed by atoms with Crippen LogP contribution in [0.25, 0.3) is 0 Å². The van der Waals surface area contributed by atoms with Gasteiger partial charge in [-0.25, -0.2) is 4.79 Å². The first-order valence-corrected chi connectivity index (χ1v) is 9.10. The standard InChI is InChI=1S/C18H24ClN3O3/c1-2-22(11-16(23)24)15-9-14(10-15)20-17(25)21-18(7-8-18)12-3-5-13(19)6-4-12/h3-6,14-15H,2,7-11H2,1H3,(H,23,24)(H2,20,21,25). The molecule has 0 spiro atoms. The predicted molar refractivity (Wildman–Crippen MR) is 95.7 cm³/mol. The predicted octanol–water partition coefficient (Wildman–Crippen LogP) is 2.57. The summed E-state index contributed by atoms with van der Waals surface area (Å²) in [6.07, 6.45) is 3.44. The maximum Gasteiger partial charge on any atom is 0.317 e. The number of carbonyl (C=O) groups is 2. The van der Waals surface area contributed by atoms with Crippen molar-refractivity contribution in [2.45, 2.75) is 50.2 Å². The van der Waals surface area contributed by atoms with Crippen molar-refractivity contribution in [3.63, 3.8) is 0 Å². The Bertz CT molecular complexity index is 639. The summed E-state index contributed by atoms with van der Waals surface area (Å²) in [4.78, 5) is 25.1. The number of likely N-dealkylation sites (N-methyl/N-ethyl adjacent to an activating group) is 1. The van der Waals surface area contributed by atoms with Crippen LogP contribution >= 0.6 is 11.6 Å². The molecule has 2 saturated carbocycles. The number of amides is 2. The number of aliphatic carboxylic acids is 1. The van der Waals surface area contributed by atoms with E-state index < -0.39 is 5.97 Å². The highest BCUT2D eigenvalue weighted by Gasteiger charge is 2.46. The van der Waals surface area contributed by atoms with Crippen LogP contribution in [0.1, 0.15) is 38.2 Å². The van der Waals surface area contributed by atoms with E-state index in [2.05, 4.69) is 10.6 Å². The van der Waals surface area contributed by atoms with E-state index in [-0.39, 0.29) is 30.2 Å². The molecule has 2 aliphatic rings. The van der Waals surface area contributed by atoms with Crippen LogP contribution in [0.3, 0.4) is 0 Å². The van der Waals surface area contributed by atoms with E-state index >= 15 is 0 Å². The molecule has 0 bridgehead atoms. The van der Waals surface area contributed by atoms with E-state index in [9.17, 15) is 9.59 Å². The number of hydrogen-bond acceptors (Lipinski definition) is 3. The molecule has 0 heterocycles. The van der Waals surface area contributed by atoms with Crippen LogP contribution in [0.4, 0.5) is 4.79 Å². The number of benzene rings is 1. The highest BCUT2D eigenvalue weighted by molar-refractivity contribution is 6.30. The molecule has 2 fully saturated rings. The minimum atomic E-state index is -0.811. The van der Waals surface area contributed by atoms with E-state index in [1.807, 2.05) is 36.1 Å². The molecule has 0 saturated heterocycles. The van der Waals surface area contributed by atoms with Gasteiger partial charge in [0.15, 0.2) is 0 Å². The topological polar surface area (TPSA) is 81.7 Å². The number of carboxylic acid groups (broad SMARTS) is 1. The molecule has 3 rings (SSSR count). The first-order valence-electron chi connectivity index (χ1n) is 8.72. The summed E-state index contributed by atoms with van der Waals surface area (Å²) in [5, 5.41) is 15.7. The lowest BCUT2D eigenvalue weighted by molar-refractivity contribution is -0.139. The number of halogens is 1. The summed E-state index contributed by atoms with van der Waals surface area (Å²) in [6, 6.07) is 7.78. The lowest BCUT2D eigenvalue weighted by atomic mass is 9.85. The number of nitrogens with one attached hydrogen (secondary N) is 2. The number of hydrogen-bond donors (Lipinski definition) is 3. The van der Waals surface area contributed by atoms with Gasteiger partial charge in [-0.15, -0.1) is 0 Å².